The van der Waals surface area contributed by atoms with Crippen molar-refractivity contribution in [1.29, 1.82) is 0 Å². The maximum Gasteiger partial charge on any atom is 0.161 e. The van der Waals surface area contributed by atoms with E-state index in [4.69, 9.17) is 14.2 Å². The van der Waals surface area contributed by atoms with Crippen LogP contribution < -0.4 is 14.8 Å². The van der Waals surface area contributed by atoms with Gasteiger partial charge in [-0.1, -0.05) is 6.07 Å². The zero-order valence-corrected chi connectivity index (χ0v) is 11.5. The maximum absolute atomic E-state index is 5.54. The third-order valence-corrected chi connectivity index (χ3v) is 2.56. The van der Waals surface area contributed by atoms with Crippen molar-refractivity contribution in [3.63, 3.8) is 0 Å². The van der Waals surface area contributed by atoms with Gasteiger partial charge in [0.1, 0.15) is 0 Å². The van der Waals surface area contributed by atoms with Crippen LogP contribution in [0, 0.1) is 0 Å². The largest absolute Gasteiger partial charge is 0.493 e. The average molecular weight is 253 g/mol. The molecule has 0 radical (unpaired) electrons. The van der Waals surface area contributed by atoms with Crippen molar-refractivity contribution in [1.82, 2.24) is 5.32 Å². The highest BCUT2D eigenvalue weighted by molar-refractivity contribution is 5.42. The molecule has 0 bridgehead atoms. The fourth-order valence-corrected chi connectivity index (χ4v) is 1.67. The molecule has 0 atom stereocenters. The molecule has 1 N–H and O–H groups in total. The number of methoxy groups -OCH3 is 2. The Morgan fingerprint density at radius 1 is 1.17 bits per heavy atom. The molecule has 1 aromatic carbocycles. The predicted octanol–water partition coefficient (Wildman–Crippen LogP) is 2.22. The third kappa shape index (κ3) is 4.94. The van der Waals surface area contributed by atoms with Crippen molar-refractivity contribution >= 4 is 0 Å². The summed E-state index contributed by atoms with van der Waals surface area (Å²) < 4.78 is 15.8. The minimum atomic E-state index is 0.640. The SMILES string of the molecule is CCOc1cc(CNCCCOC)ccc1OC. The molecule has 18 heavy (non-hydrogen) atoms. The molecule has 0 aliphatic carbocycles. The molecule has 102 valence electrons. The highest BCUT2D eigenvalue weighted by atomic mass is 16.5. The minimum absolute atomic E-state index is 0.640. The Bertz CT molecular complexity index is 342. The van der Waals surface area contributed by atoms with E-state index in [0.717, 1.165) is 37.6 Å². The van der Waals surface area contributed by atoms with E-state index in [9.17, 15) is 0 Å². The Labute approximate surface area is 109 Å². The van der Waals surface area contributed by atoms with Gasteiger partial charge in [0.15, 0.2) is 11.5 Å². The summed E-state index contributed by atoms with van der Waals surface area (Å²) in [6.07, 6.45) is 1.02. The zero-order valence-electron chi connectivity index (χ0n) is 11.5. The molecule has 4 heteroatoms. The molecule has 0 heterocycles. The first kappa shape index (κ1) is 14.8. The number of nitrogens with one attached hydrogen (secondary N) is 1. The Kier molecular flexibility index (Phi) is 7.22. The molecule has 0 aromatic heterocycles. The van der Waals surface area contributed by atoms with Crippen molar-refractivity contribution in [2.75, 3.05) is 34.0 Å². The molecule has 0 aliphatic rings. The lowest BCUT2D eigenvalue weighted by Gasteiger charge is -2.11. The van der Waals surface area contributed by atoms with Gasteiger partial charge in [-0.05, 0) is 37.6 Å². The Morgan fingerprint density at radius 3 is 2.67 bits per heavy atom. The molecule has 0 spiro atoms. The van der Waals surface area contributed by atoms with Crippen LogP contribution in [0.1, 0.15) is 18.9 Å². The summed E-state index contributed by atoms with van der Waals surface area (Å²) in [4.78, 5) is 0. The first-order chi connectivity index (χ1) is 8.81. The first-order valence-corrected chi connectivity index (χ1v) is 6.31. The molecule has 0 saturated heterocycles. The third-order valence-electron chi connectivity index (χ3n) is 2.56. The Balaban J connectivity index is 2.48. The van der Waals surface area contributed by atoms with E-state index in [1.165, 1.54) is 5.56 Å². The second-order valence-corrected chi connectivity index (χ2v) is 3.94. The van der Waals surface area contributed by atoms with Gasteiger partial charge in [0.05, 0.1) is 13.7 Å². The van der Waals surface area contributed by atoms with Crippen LogP contribution in [-0.4, -0.2) is 34.0 Å². The molecule has 0 amide bonds. The van der Waals surface area contributed by atoms with Gasteiger partial charge < -0.3 is 19.5 Å². The number of rotatable bonds is 9. The standard InChI is InChI=1S/C14H23NO3/c1-4-18-14-10-12(6-7-13(14)17-3)11-15-8-5-9-16-2/h6-7,10,15H,4-5,8-9,11H2,1-3H3. The van der Waals surface area contributed by atoms with E-state index in [2.05, 4.69) is 5.32 Å². The second-order valence-electron chi connectivity index (χ2n) is 3.94. The molecule has 0 fully saturated rings. The van der Waals surface area contributed by atoms with Crippen LogP contribution in [0.2, 0.25) is 0 Å². The van der Waals surface area contributed by atoms with Crippen molar-refractivity contribution in [2.24, 2.45) is 0 Å². The number of ether oxygens (including phenoxy) is 3. The van der Waals surface area contributed by atoms with Crippen molar-refractivity contribution in [3.8, 4) is 11.5 Å². The van der Waals surface area contributed by atoms with Crippen LogP contribution in [0.3, 0.4) is 0 Å². The Hall–Kier alpha value is -1.26. The molecule has 0 saturated carbocycles. The van der Waals surface area contributed by atoms with Gasteiger partial charge in [-0.15, -0.1) is 0 Å². The van der Waals surface area contributed by atoms with Gasteiger partial charge in [-0.2, -0.15) is 0 Å². The summed E-state index contributed by atoms with van der Waals surface area (Å²) >= 11 is 0. The second kappa shape index (κ2) is 8.78. The van der Waals surface area contributed by atoms with E-state index < -0.39 is 0 Å². The summed E-state index contributed by atoms with van der Waals surface area (Å²) in [5, 5.41) is 3.37. The van der Waals surface area contributed by atoms with Crippen molar-refractivity contribution in [2.45, 2.75) is 19.9 Å². The lowest BCUT2D eigenvalue weighted by atomic mass is 10.2. The van der Waals surface area contributed by atoms with Gasteiger partial charge in [0, 0.05) is 20.3 Å². The lowest BCUT2D eigenvalue weighted by Crippen LogP contribution is -2.16. The van der Waals surface area contributed by atoms with Crippen molar-refractivity contribution < 1.29 is 14.2 Å². The van der Waals surface area contributed by atoms with Crippen LogP contribution in [-0.2, 0) is 11.3 Å². The van der Waals surface area contributed by atoms with Gasteiger partial charge in [0.2, 0.25) is 0 Å². The summed E-state index contributed by atoms with van der Waals surface area (Å²) in [6.45, 7) is 5.17. The van der Waals surface area contributed by atoms with E-state index >= 15 is 0 Å². The van der Waals surface area contributed by atoms with Crippen molar-refractivity contribution in [3.05, 3.63) is 23.8 Å². The molecular formula is C14H23NO3. The molecule has 1 rings (SSSR count). The van der Waals surface area contributed by atoms with Gasteiger partial charge in [-0.25, -0.2) is 0 Å². The van der Waals surface area contributed by atoms with E-state index in [-0.39, 0.29) is 0 Å². The highest BCUT2D eigenvalue weighted by Gasteiger charge is 2.04. The lowest BCUT2D eigenvalue weighted by molar-refractivity contribution is 0.194. The summed E-state index contributed by atoms with van der Waals surface area (Å²) in [6, 6.07) is 6.01. The smallest absolute Gasteiger partial charge is 0.161 e. The number of benzene rings is 1. The van der Waals surface area contributed by atoms with Gasteiger partial charge >= 0.3 is 0 Å². The monoisotopic (exact) mass is 253 g/mol. The quantitative estimate of drug-likeness (QED) is 0.685. The van der Waals surface area contributed by atoms with Crippen LogP contribution in [0.15, 0.2) is 18.2 Å². The maximum atomic E-state index is 5.54. The number of hydrogen-bond donors (Lipinski definition) is 1. The minimum Gasteiger partial charge on any atom is -0.493 e. The molecule has 0 unspecified atom stereocenters. The number of hydrogen-bond acceptors (Lipinski definition) is 4. The zero-order chi connectivity index (χ0) is 13.2. The highest BCUT2D eigenvalue weighted by Crippen LogP contribution is 2.27. The molecule has 4 nitrogen and oxygen atoms in total. The normalized spacial score (nSPS) is 10.4. The van der Waals surface area contributed by atoms with Crippen LogP contribution in [0.5, 0.6) is 11.5 Å². The summed E-state index contributed by atoms with van der Waals surface area (Å²) in [7, 11) is 3.37. The van der Waals surface area contributed by atoms with E-state index in [0.29, 0.717) is 6.61 Å². The van der Waals surface area contributed by atoms with Crippen LogP contribution in [0.4, 0.5) is 0 Å². The Morgan fingerprint density at radius 2 is 2.00 bits per heavy atom. The molecule has 0 aliphatic heterocycles. The first-order valence-electron chi connectivity index (χ1n) is 6.31. The summed E-state index contributed by atoms with van der Waals surface area (Å²) in [5.41, 5.74) is 1.19. The molecular weight excluding hydrogens is 230 g/mol. The summed E-state index contributed by atoms with van der Waals surface area (Å²) in [5.74, 6) is 1.58. The average Bonchev–Trinajstić information content (AvgIpc) is 2.39. The van der Waals surface area contributed by atoms with Gasteiger partial charge in [-0.3, -0.25) is 0 Å². The van der Waals surface area contributed by atoms with Crippen LogP contribution >= 0.6 is 0 Å². The fourth-order valence-electron chi connectivity index (χ4n) is 1.67. The topological polar surface area (TPSA) is 39.7 Å². The fraction of sp³-hybridized carbons (Fsp3) is 0.571. The van der Waals surface area contributed by atoms with Gasteiger partial charge in [0.25, 0.3) is 0 Å². The van der Waals surface area contributed by atoms with E-state index in [1.807, 2.05) is 25.1 Å². The predicted molar refractivity (Wildman–Crippen MR) is 72.4 cm³/mol. The molecule has 1 aromatic rings. The van der Waals surface area contributed by atoms with Crippen LogP contribution in [0.25, 0.3) is 0 Å². The van der Waals surface area contributed by atoms with E-state index in [1.54, 1.807) is 14.2 Å².